The van der Waals surface area contributed by atoms with Gasteiger partial charge in [-0.3, -0.25) is 4.99 Å². The number of H-pyrrole nitrogens is 1. The summed E-state index contributed by atoms with van der Waals surface area (Å²) in [6.45, 7) is 0.973. The van der Waals surface area contributed by atoms with Crippen molar-refractivity contribution in [3.63, 3.8) is 0 Å². The number of aliphatic imine (C=N–C) groups is 1. The van der Waals surface area contributed by atoms with Crippen LogP contribution >= 0.6 is 0 Å². The molecule has 1 N–H and O–H groups in total. The fraction of sp³-hybridized carbons (Fsp3) is 0.357. The van der Waals surface area contributed by atoms with Gasteiger partial charge in [0.2, 0.25) is 0 Å². The lowest BCUT2D eigenvalue weighted by Crippen LogP contribution is -2.13. The van der Waals surface area contributed by atoms with Gasteiger partial charge in [-0.05, 0) is 30.9 Å². The van der Waals surface area contributed by atoms with Gasteiger partial charge in [0.15, 0.2) is 0 Å². The monoisotopic (exact) mass is 210 g/mol. The molecule has 0 amide bonds. The molecule has 2 aliphatic rings. The molecule has 1 saturated carbocycles. The average molecular weight is 210 g/mol. The Labute approximate surface area is 94.4 Å². The summed E-state index contributed by atoms with van der Waals surface area (Å²) >= 11 is 0. The van der Waals surface area contributed by atoms with E-state index < -0.39 is 0 Å². The van der Waals surface area contributed by atoms with Gasteiger partial charge in [0, 0.05) is 23.4 Å². The number of fused-ring (bicyclic) bond motifs is 3. The Balaban J connectivity index is 1.99. The summed E-state index contributed by atoms with van der Waals surface area (Å²) in [5.41, 5.74) is 5.43. The van der Waals surface area contributed by atoms with E-state index in [1.165, 1.54) is 40.7 Å². The minimum absolute atomic E-state index is 0.743. The number of aromatic amines is 1. The second kappa shape index (κ2) is 2.97. The molecule has 0 spiro atoms. The van der Waals surface area contributed by atoms with E-state index in [9.17, 15) is 0 Å². The van der Waals surface area contributed by atoms with Crippen molar-refractivity contribution < 1.29 is 0 Å². The van der Waals surface area contributed by atoms with Crippen LogP contribution in [0, 0.1) is 5.92 Å². The molecular formula is C14H14N2. The molecule has 0 unspecified atom stereocenters. The van der Waals surface area contributed by atoms with Crippen LogP contribution in [0.25, 0.3) is 10.9 Å². The molecular weight excluding hydrogens is 196 g/mol. The van der Waals surface area contributed by atoms with Crippen LogP contribution < -0.4 is 0 Å². The summed E-state index contributed by atoms with van der Waals surface area (Å²) in [5.74, 6) is 0.743. The third-order valence-corrected chi connectivity index (χ3v) is 3.68. The highest BCUT2D eigenvalue weighted by Crippen LogP contribution is 2.37. The second-order valence-electron chi connectivity index (χ2n) is 4.82. The van der Waals surface area contributed by atoms with Gasteiger partial charge in [-0.15, -0.1) is 0 Å². The second-order valence-corrected chi connectivity index (χ2v) is 4.82. The van der Waals surface area contributed by atoms with E-state index in [1.54, 1.807) is 0 Å². The molecule has 1 aliphatic carbocycles. The van der Waals surface area contributed by atoms with Crippen LogP contribution in [0.3, 0.4) is 0 Å². The fourth-order valence-corrected chi connectivity index (χ4v) is 2.74. The van der Waals surface area contributed by atoms with Crippen molar-refractivity contribution in [2.75, 3.05) is 6.54 Å². The Hall–Kier alpha value is -1.57. The molecule has 0 radical (unpaired) electrons. The first-order valence-electron chi connectivity index (χ1n) is 6.08. The van der Waals surface area contributed by atoms with E-state index in [2.05, 4.69) is 29.2 Å². The van der Waals surface area contributed by atoms with E-state index >= 15 is 0 Å². The van der Waals surface area contributed by atoms with Gasteiger partial charge < -0.3 is 4.98 Å². The van der Waals surface area contributed by atoms with Crippen LogP contribution in [0.5, 0.6) is 0 Å². The van der Waals surface area contributed by atoms with Crippen molar-refractivity contribution >= 4 is 16.6 Å². The summed E-state index contributed by atoms with van der Waals surface area (Å²) in [6, 6.07) is 8.61. The number of para-hydroxylation sites is 1. The number of hydrogen-bond acceptors (Lipinski definition) is 1. The first kappa shape index (κ1) is 8.57. The average Bonchev–Trinajstić information content (AvgIpc) is 3.09. The van der Waals surface area contributed by atoms with E-state index in [1.807, 2.05) is 0 Å². The molecule has 2 heteroatoms. The van der Waals surface area contributed by atoms with Gasteiger partial charge in [-0.1, -0.05) is 18.2 Å². The van der Waals surface area contributed by atoms with Gasteiger partial charge in [0.05, 0.1) is 11.4 Å². The summed E-state index contributed by atoms with van der Waals surface area (Å²) in [6.07, 6.45) is 3.75. The summed E-state index contributed by atoms with van der Waals surface area (Å²) < 4.78 is 0. The van der Waals surface area contributed by atoms with E-state index in [0.29, 0.717) is 0 Å². The maximum atomic E-state index is 4.71. The van der Waals surface area contributed by atoms with Gasteiger partial charge in [-0.25, -0.2) is 0 Å². The standard InChI is InChI=1S/C14H14N2/c1-2-4-12-10(3-1)11-7-8-15-13(9-5-6-9)14(11)16-12/h1-4,9,16H,5-8H2. The highest BCUT2D eigenvalue weighted by Gasteiger charge is 2.32. The van der Waals surface area contributed by atoms with Crippen molar-refractivity contribution in [3.05, 3.63) is 35.5 Å². The molecule has 2 nitrogen and oxygen atoms in total. The van der Waals surface area contributed by atoms with E-state index in [0.717, 1.165) is 18.9 Å². The van der Waals surface area contributed by atoms with Crippen LogP contribution in [0.15, 0.2) is 29.3 Å². The van der Waals surface area contributed by atoms with Crippen LogP contribution in [0.1, 0.15) is 24.1 Å². The number of nitrogens with zero attached hydrogens (tertiary/aromatic N) is 1. The fourth-order valence-electron chi connectivity index (χ4n) is 2.74. The van der Waals surface area contributed by atoms with Crippen LogP contribution in [0.4, 0.5) is 0 Å². The Morgan fingerprint density at radius 1 is 1.19 bits per heavy atom. The zero-order valence-electron chi connectivity index (χ0n) is 9.16. The predicted molar refractivity (Wildman–Crippen MR) is 66.1 cm³/mol. The van der Waals surface area contributed by atoms with Crippen molar-refractivity contribution in [2.45, 2.75) is 19.3 Å². The molecule has 16 heavy (non-hydrogen) atoms. The minimum atomic E-state index is 0.743. The van der Waals surface area contributed by atoms with Crippen LogP contribution in [-0.2, 0) is 6.42 Å². The number of rotatable bonds is 1. The summed E-state index contributed by atoms with van der Waals surface area (Å²) in [7, 11) is 0. The summed E-state index contributed by atoms with van der Waals surface area (Å²) in [5, 5.41) is 1.39. The molecule has 4 rings (SSSR count). The van der Waals surface area contributed by atoms with Gasteiger partial charge >= 0.3 is 0 Å². The summed E-state index contributed by atoms with van der Waals surface area (Å²) in [4.78, 5) is 8.27. The lowest BCUT2D eigenvalue weighted by molar-refractivity contribution is 0.924. The number of aromatic nitrogens is 1. The Kier molecular flexibility index (Phi) is 1.59. The van der Waals surface area contributed by atoms with Crippen molar-refractivity contribution in [2.24, 2.45) is 10.9 Å². The smallest absolute Gasteiger partial charge is 0.0641 e. The zero-order valence-corrected chi connectivity index (χ0v) is 9.16. The maximum Gasteiger partial charge on any atom is 0.0641 e. The molecule has 80 valence electrons. The van der Waals surface area contributed by atoms with Crippen molar-refractivity contribution in [1.29, 1.82) is 0 Å². The van der Waals surface area contributed by atoms with E-state index in [4.69, 9.17) is 4.99 Å². The largest absolute Gasteiger partial charge is 0.353 e. The molecule has 0 saturated heterocycles. The minimum Gasteiger partial charge on any atom is -0.353 e. The predicted octanol–water partition coefficient (Wildman–Crippen LogP) is 2.92. The Bertz CT molecular complexity index is 588. The molecule has 2 aromatic rings. The van der Waals surface area contributed by atoms with Gasteiger partial charge in [0.1, 0.15) is 0 Å². The maximum absolute atomic E-state index is 4.71. The van der Waals surface area contributed by atoms with E-state index in [-0.39, 0.29) is 0 Å². The molecule has 0 atom stereocenters. The topological polar surface area (TPSA) is 28.1 Å². The molecule has 1 aromatic carbocycles. The number of benzene rings is 1. The first-order chi connectivity index (χ1) is 7.93. The van der Waals surface area contributed by atoms with Crippen molar-refractivity contribution in [3.8, 4) is 0 Å². The zero-order chi connectivity index (χ0) is 10.5. The first-order valence-corrected chi connectivity index (χ1v) is 6.08. The highest BCUT2D eigenvalue weighted by atomic mass is 14.8. The van der Waals surface area contributed by atoms with Crippen LogP contribution in [-0.4, -0.2) is 17.2 Å². The Morgan fingerprint density at radius 2 is 2.06 bits per heavy atom. The molecule has 1 aromatic heterocycles. The molecule has 0 bridgehead atoms. The van der Waals surface area contributed by atoms with Crippen molar-refractivity contribution in [1.82, 2.24) is 4.98 Å². The Morgan fingerprint density at radius 3 is 2.94 bits per heavy atom. The molecule has 1 aliphatic heterocycles. The lowest BCUT2D eigenvalue weighted by atomic mass is 10.0. The lowest BCUT2D eigenvalue weighted by Gasteiger charge is -2.12. The van der Waals surface area contributed by atoms with Crippen LogP contribution in [0.2, 0.25) is 0 Å². The SMILES string of the molecule is c1ccc2c3c([nH]c2c1)C(C1CC1)=NCC3. The third kappa shape index (κ3) is 1.10. The van der Waals surface area contributed by atoms with Gasteiger partial charge in [0.25, 0.3) is 0 Å². The van der Waals surface area contributed by atoms with Gasteiger partial charge in [-0.2, -0.15) is 0 Å². The quantitative estimate of drug-likeness (QED) is 0.749. The molecule has 1 fully saturated rings. The third-order valence-electron chi connectivity index (χ3n) is 3.68. The molecule has 2 heterocycles. The highest BCUT2D eigenvalue weighted by molar-refractivity contribution is 6.08. The number of nitrogens with one attached hydrogen (secondary N) is 1. The normalized spacial score (nSPS) is 19.6. The number of hydrogen-bond donors (Lipinski definition) is 1.